The number of sulfonamides is 1. The number of hydrogen-bond donors (Lipinski definition) is 1. The Morgan fingerprint density at radius 3 is 2.57 bits per heavy atom. The molecule has 1 aromatic heterocycles. The van der Waals surface area contributed by atoms with E-state index in [9.17, 15) is 8.42 Å². The van der Waals surface area contributed by atoms with Crippen LogP contribution in [0.5, 0.6) is 0 Å². The third-order valence-corrected chi connectivity index (χ3v) is 6.54. The van der Waals surface area contributed by atoms with Gasteiger partial charge in [0, 0.05) is 13.1 Å². The van der Waals surface area contributed by atoms with E-state index in [4.69, 9.17) is 0 Å². The minimum atomic E-state index is -3.60. The maximum absolute atomic E-state index is 12.3. The van der Waals surface area contributed by atoms with Crippen molar-refractivity contribution in [2.24, 2.45) is 5.92 Å². The van der Waals surface area contributed by atoms with Gasteiger partial charge in [-0.25, -0.2) is 8.42 Å². The van der Waals surface area contributed by atoms with E-state index in [-0.39, 0.29) is 4.90 Å². The number of nitrogens with one attached hydrogen (secondary N) is 1. The summed E-state index contributed by atoms with van der Waals surface area (Å²) in [6.07, 6.45) is 3.52. The van der Waals surface area contributed by atoms with Gasteiger partial charge in [0.1, 0.15) is 0 Å². The molecule has 1 aromatic carbocycles. The lowest BCUT2D eigenvalue weighted by Crippen LogP contribution is -2.33. The smallest absolute Gasteiger partial charge is 0.263 e. The fraction of sp³-hybridized carbons (Fsp3) is 0.467. The zero-order valence-corrected chi connectivity index (χ0v) is 14.6. The topological polar surface area (TPSA) is 75.2 Å². The Morgan fingerprint density at radius 1 is 1.22 bits per heavy atom. The molecule has 0 spiro atoms. The van der Waals surface area contributed by atoms with Crippen LogP contribution < -0.4 is 9.62 Å². The molecule has 0 saturated carbocycles. The summed E-state index contributed by atoms with van der Waals surface area (Å²) in [4.78, 5) is 2.41. The van der Waals surface area contributed by atoms with E-state index in [0.717, 1.165) is 37.0 Å². The molecule has 3 rings (SSSR count). The van der Waals surface area contributed by atoms with Crippen LogP contribution in [0.25, 0.3) is 0 Å². The van der Waals surface area contributed by atoms with Crippen molar-refractivity contribution in [2.45, 2.75) is 31.1 Å². The van der Waals surface area contributed by atoms with Gasteiger partial charge in [0.15, 0.2) is 0 Å². The summed E-state index contributed by atoms with van der Waals surface area (Å²) in [5, 5.41) is 9.20. The minimum absolute atomic E-state index is 0.223. The number of hydrogen-bond acceptors (Lipinski definition) is 6. The fourth-order valence-corrected chi connectivity index (χ4v) is 4.74. The number of nitrogens with zero attached hydrogens (tertiary/aromatic N) is 3. The summed E-state index contributed by atoms with van der Waals surface area (Å²) in [5.41, 5.74) is 0. The first-order valence-corrected chi connectivity index (χ1v) is 10.0. The van der Waals surface area contributed by atoms with E-state index < -0.39 is 10.0 Å². The molecule has 0 unspecified atom stereocenters. The zero-order valence-electron chi connectivity index (χ0n) is 13.0. The van der Waals surface area contributed by atoms with Gasteiger partial charge in [-0.3, -0.25) is 4.72 Å². The maximum atomic E-state index is 12.3. The Morgan fingerprint density at radius 2 is 1.91 bits per heavy atom. The van der Waals surface area contributed by atoms with Crippen LogP contribution in [0.3, 0.4) is 0 Å². The van der Waals surface area contributed by atoms with Crippen LogP contribution in [0.15, 0.2) is 35.2 Å². The highest BCUT2D eigenvalue weighted by Crippen LogP contribution is 2.30. The zero-order chi connectivity index (χ0) is 16.3. The van der Waals surface area contributed by atoms with Crippen LogP contribution in [-0.2, 0) is 10.0 Å². The maximum Gasteiger partial charge on any atom is 0.263 e. The molecule has 23 heavy (non-hydrogen) atoms. The van der Waals surface area contributed by atoms with Gasteiger partial charge >= 0.3 is 0 Å². The standard InChI is InChI=1S/C15H20N4O2S2/c1-2-12-8-10-19(11-9-12)15-17-16-14(22-15)18-23(20,21)13-6-4-3-5-7-13/h3-7,12H,2,8-11H2,1H3,(H,16,18). The summed E-state index contributed by atoms with van der Waals surface area (Å²) in [6.45, 7) is 4.14. The third kappa shape index (κ3) is 3.81. The molecule has 0 bridgehead atoms. The van der Waals surface area contributed by atoms with Gasteiger partial charge in [-0.15, -0.1) is 10.2 Å². The van der Waals surface area contributed by atoms with E-state index >= 15 is 0 Å². The highest BCUT2D eigenvalue weighted by Gasteiger charge is 2.22. The van der Waals surface area contributed by atoms with Gasteiger partial charge in [0.05, 0.1) is 4.90 Å². The Labute approximate surface area is 140 Å². The van der Waals surface area contributed by atoms with Crippen molar-refractivity contribution < 1.29 is 8.42 Å². The molecule has 2 heterocycles. The molecule has 1 saturated heterocycles. The van der Waals surface area contributed by atoms with Crippen molar-refractivity contribution in [3.8, 4) is 0 Å². The van der Waals surface area contributed by atoms with Crippen molar-refractivity contribution in [1.82, 2.24) is 10.2 Å². The number of piperidine rings is 1. The van der Waals surface area contributed by atoms with Gasteiger partial charge in [-0.2, -0.15) is 0 Å². The molecule has 0 radical (unpaired) electrons. The monoisotopic (exact) mass is 352 g/mol. The summed E-state index contributed by atoms with van der Waals surface area (Å²) >= 11 is 1.28. The van der Waals surface area contributed by atoms with Gasteiger partial charge < -0.3 is 4.90 Å². The van der Waals surface area contributed by atoms with Gasteiger partial charge in [0.2, 0.25) is 10.3 Å². The van der Waals surface area contributed by atoms with Crippen molar-refractivity contribution in [3.63, 3.8) is 0 Å². The predicted octanol–water partition coefficient (Wildman–Crippen LogP) is 2.97. The van der Waals surface area contributed by atoms with Gasteiger partial charge in [0.25, 0.3) is 10.0 Å². The molecule has 1 N–H and O–H groups in total. The van der Waals surface area contributed by atoms with Crippen molar-refractivity contribution in [1.29, 1.82) is 0 Å². The molecule has 0 atom stereocenters. The SMILES string of the molecule is CCC1CCN(c2nnc(NS(=O)(=O)c3ccccc3)s2)CC1. The van der Waals surface area contributed by atoms with Gasteiger partial charge in [-0.05, 0) is 30.9 Å². The van der Waals surface area contributed by atoms with E-state index in [0.29, 0.717) is 5.13 Å². The van der Waals surface area contributed by atoms with Crippen LogP contribution in [0.1, 0.15) is 26.2 Å². The molecule has 8 heteroatoms. The molecule has 0 aliphatic carbocycles. The van der Waals surface area contributed by atoms with E-state index in [1.165, 1.54) is 17.8 Å². The average molecular weight is 352 g/mol. The van der Waals surface area contributed by atoms with Crippen molar-refractivity contribution in [3.05, 3.63) is 30.3 Å². The number of rotatable bonds is 5. The normalized spacial score (nSPS) is 16.5. The van der Waals surface area contributed by atoms with E-state index in [1.54, 1.807) is 30.3 Å². The number of anilines is 2. The second kappa shape index (κ2) is 6.84. The molecule has 6 nitrogen and oxygen atoms in total. The Bertz CT molecular complexity index is 738. The van der Waals surface area contributed by atoms with Gasteiger partial charge in [-0.1, -0.05) is 42.9 Å². The van der Waals surface area contributed by atoms with E-state index in [2.05, 4.69) is 26.7 Å². The largest absolute Gasteiger partial charge is 0.347 e. The lowest BCUT2D eigenvalue weighted by Gasteiger charge is -2.30. The first kappa shape index (κ1) is 16.2. The van der Waals surface area contributed by atoms with Crippen LogP contribution in [-0.4, -0.2) is 31.7 Å². The quantitative estimate of drug-likeness (QED) is 0.895. The second-order valence-electron chi connectivity index (χ2n) is 5.65. The highest BCUT2D eigenvalue weighted by molar-refractivity contribution is 7.93. The molecule has 1 aliphatic heterocycles. The predicted molar refractivity (Wildman–Crippen MR) is 92.4 cm³/mol. The van der Waals surface area contributed by atoms with Crippen LogP contribution >= 0.6 is 11.3 Å². The molecule has 124 valence electrons. The molecule has 1 aliphatic rings. The highest BCUT2D eigenvalue weighted by atomic mass is 32.2. The summed E-state index contributed by atoms with van der Waals surface area (Å²) < 4.78 is 27.1. The van der Waals surface area contributed by atoms with Crippen molar-refractivity contribution in [2.75, 3.05) is 22.7 Å². The van der Waals surface area contributed by atoms with Crippen molar-refractivity contribution >= 4 is 31.6 Å². The molecular formula is C15H20N4O2S2. The van der Waals surface area contributed by atoms with E-state index in [1.807, 2.05) is 0 Å². The first-order valence-electron chi connectivity index (χ1n) is 7.75. The summed E-state index contributed by atoms with van der Waals surface area (Å²) in [5.74, 6) is 0.787. The molecule has 1 fully saturated rings. The van der Waals surface area contributed by atoms with Crippen LogP contribution in [0.4, 0.5) is 10.3 Å². The van der Waals surface area contributed by atoms with Crippen LogP contribution in [0.2, 0.25) is 0 Å². The summed E-state index contributed by atoms with van der Waals surface area (Å²) in [7, 11) is -3.60. The minimum Gasteiger partial charge on any atom is -0.347 e. The molecule has 2 aromatic rings. The lowest BCUT2D eigenvalue weighted by atomic mass is 9.95. The first-order chi connectivity index (χ1) is 11.1. The molecule has 0 amide bonds. The number of aromatic nitrogens is 2. The third-order valence-electron chi connectivity index (χ3n) is 4.15. The Balaban J connectivity index is 1.68. The Kier molecular flexibility index (Phi) is 4.82. The second-order valence-corrected chi connectivity index (χ2v) is 8.29. The summed E-state index contributed by atoms with van der Waals surface area (Å²) in [6, 6.07) is 8.28. The fourth-order valence-electron chi connectivity index (χ4n) is 2.69. The Hall–Kier alpha value is -1.67. The lowest BCUT2D eigenvalue weighted by molar-refractivity contribution is 0.394. The average Bonchev–Trinajstić information content (AvgIpc) is 3.03. The van der Waals surface area contributed by atoms with Crippen LogP contribution in [0, 0.1) is 5.92 Å². The number of benzene rings is 1. The molecular weight excluding hydrogens is 332 g/mol.